The number of benzene rings is 1. The Labute approximate surface area is 119 Å². The lowest BCUT2D eigenvalue weighted by molar-refractivity contribution is 0.576. The van der Waals surface area contributed by atoms with Crippen molar-refractivity contribution < 1.29 is 0 Å². The van der Waals surface area contributed by atoms with E-state index < -0.39 is 0 Å². The van der Waals surface area contributed by atoms with Crippen molar-refractivity contribution in [3.05, 3.63) is 48.5 Å². The first-order valence-corrected chi connectivity index (χ1v) is 7.84. The van der Waals surface area contributed by atoms with Gasteiger partial charge in [-0.1, -0.05) is 19.1 Å². The van der Waals surface area contributed by atoms with Crippen LogP contribution in [0.3, 0.4) is 0 Å². The summed E-state index contributed by atoms with van der Waals surface area (Å²) in [5.74, 6) is 0. The first kappa shape index (κ1) is 14.2. The molecule has 0 fully saturated rings. The van der Waals surface area contributed by atoms with Gasteiger partial charge in [0, 0.05) is 35.9 Å². The van der Waals surface area contributed by atoms with E-state index in [0.717, 1.165) is 12.2 Å². The zero-order valence-corrected chi connectivity index (χ0v) is 12.5. The summed E-state index contributed by atoms with van der Waals surface area (Å²) in [7, 11) is 0. The number of aromatic nitrogens is 2. The number of thioether (sulfide) groups is 1. The molecule has 0 bridgehead atoms. The number of nitrogens with one attached hydrogen (secondary N) is 1. The van der Waals surface area contributed by atoms with E-state index in [-0.39, 0.29) is 0 Å². The lowest BCUT2D eigenvalue weighted by atomic mass is 10.1. The molecule has 1 heterocycles. The van der Waals surface area contributed by atoms with Gasteiger partial charge < -0.3 is 9.88 Å². The third-order valence-corrected chi connectivity index (χ3v) is 4.28. The third kappa shape index (κ3) is 3.85. The molecule has 2 aromatic rings. The van der Waals surface area contributed by atoms with Crippen molar-refractivity contribution in [2.24, 2.45) is 0 Å². The van der Waals surface area contributed by atoms with Crippen molar-refractivity contribution in [3.8, 4) is 5.69 Å². The molecule has 0 aliphatic rings. The predicted molar refractivity (Wildman–Crippen MR) is 83.0 cm³/mol. The molecule has 19 heavy (non-hydrogen) atoms. The number of rotatable bonds is 6. The van der Waals surface area contributed by atoms with Crippen LogP contribution < -0.4 is 5.32 Å². The number of imidazole rings is 1. The molecule has 3 nitrogen and oxygen atoms in total. The van der Waals surface area contributed by atoms with Gasteiger partial charge in [-0.25, -0.2) is 4.98 Å². The molecule has 0 aliphatic heterocycles. The highest BCUT2D eigenvalue weighted by Crippen LogP contribution is 2.16. The first-order chi connectivity index (χ1) is 9.20. The molecule has 0 amide bonds. The minimum absolute atomic E-state index is 0.381. The minimum Gasteiger partial charge on any atom is -0.309 e. The Morgan fingerprint density at radius 3 is 2.58 bits per heavy atom. The quantitative estimate of drug-likeness (QED) is 0.877. The van der Waals surface area contributed by atoms with Gasteiger partial charge in [0.2, 0.25) is 0 Å². The molecule has 1 aromatic carbocycles. The SMILES string of the molecule is CS[C@H](C)CN[C@@H](C)c1ccc(-n2ccnc2)cc1. The van der Waals surface area contributed by atoms with Crippen LogP contribution >= 0.6 is 11.8 Å². The van der Waals surface area contributed by atoms with Crippen LogP contribution in [0.4, 0.5) is 0 Å². The highest BCUT2D eigenvalue weighted by molar-refractivity contribution is 7.99. The first-order valence-electron chi connectivity index (χ1n) is 6.55. The molecule has 4 heteroatoms. The molecule has 0 saturated heterocycles. The highest BCUT2D eigenvalue weighted by atomic mass is 32.2. The Morgan fingerprint density at radius 2 is 2.00 bits per heavy atom. The van der Waals surface area contributed by atoms with Crippen molar-refractivity contribution in [1.29, 1.82) is 0 Å². The molecule has 1 N–H and O–H groups in total. The van der Waals surface area contributed by atoms with E-state index in [0.29, 0.717) is 11.3 Å². The molecule has 102 valence electrons. The Morgan fingerprint density at radius 1 is 1.26 bits per heavy atom. The van der Waals surface area contributed by atoms with Crippen molar-refractivity contribution in [2.45, 2.75) is 25.1 Å². The summed E-state index contributed by atoms with van der Waals surface area (Å²) < 4.78 is 2.01. The summed E-state index contributed by atoms with van der Waals surface area (Å²) in [6.45, 7) is 5.48. The van der Waals surface area contributed by atoms with Crippen LogP contribution in [-0.2, 0) is 0 Å². The molecule has 2 rings (SSSR count). The molecular formula is C15H21N3S. The summed E-state index contributed by atoms with van der Waals surface area (Å²) in [4.78, 5) is 4.06. The van der Waals surface area contributed by atoms with Gasteiger partial charge in [-0.2, -0.15) is 11.8 Å². The second-order valence-corrected chi connectivity index (χ2v) is 6.01. The number of hydrogen-bond donors (Lipinski definition) is 1. The topological polar surface area (TPSA) is 29.9 Å². The van der Waals surface area contributed by atoms with Gasteiger partial charge in [0.15, 0.2) is 0 Å². The molecule has 0 aliphatic carbocycles. The monoisotopic (exact) mass is 275 g/mol. The smallest absolute Gasteiger partial charge is 0.0991 e. The fourth-order valence-electron chi connectivity index (χ4n) is 1.89. The maximum atomic E-state index is 4.06. The van der Waals surface area contributed by atoms with Crippen molar-refractivity contribution in [1.82, 2.24) is 14.9 Å². The Balaban J connectivity index is 1.98. The molecule has 0 radical (unpaired) electrons. The lowest BCUT2D eigenvalue weighted by Gasteiger charge is -2.17. The van der Waals surface area contributed by atoms with Crippen LogP contribution in [0.1, 0.15) is 25.5 Å². The molecule has 0 spiro atoms. The zero-order chi connectivity index (χ0) is 13.7. The van der Waals surface area contributed by atoms with E-state index in [1.54, 1.807) is 6.20 Å². The summed E-state index contributed by atoms with van der Waals surface area (Å²) >= 11 is 1.89. The number of hydrogen-bond acceptors (Lipinski definition) is 3. The van der Waals surface area contributed by atoms with Crippen LogP contribution in [0.5, 0.6) is 0 Å². The average molecular weight is 275 g/mol. The third-order valence-electron chi connectivity index (χ3n) is 3.31. The summed E-state index contributed by atoms with van der Waals surface area (Å²) in [6.07, 6.45) is 7.71. The van der Waals surface area contributed by atoms with Crippen LogP contribution in [0, 0.1) is 0 Å². The Bertz CT molecular complexity index is 479. The van der Waals surface area contributed by atoms with Gasteiger partial charge in [-0.05, 0) is 30.9 Å². The van der Waals surface area contributed by atoms with Crippen LogP contribution in [-0.4, -0.2) is 27.6 Å². The van der Waals surface area contributed by atoms with Gasteiger partial charge >= 0.3 is 0 Å². The largest absolute Gasteiger partial charge is 0.309 e. The molecule has 1 aromatic heterocycles. The van der Waals surface area contributed by atoms with Crippen LogP contribution in [0.2, 0.25) is 0 Å². The number of nitrogens with zero attached hydrogens (tertiary/aromatic N) is 2. The Kier molecular flexibility index (Phi) is 5.05. The average Bonchev–Trinajstić information content (AvgIpc) is 2.98. The fraction of sp³-hybridized carbons (Fsp3) is 0.400. The summed E-state index contributed by atoms with van der Waals surface area (Å²) in [5.41, 5.74) is 2.46. The van der Waals surface area contributed by atoms with Crippen LogP contribution in [0.15, 0.2) is 43.0 Å². The van der Waals surface area contributed by atoms with E-state index >= 15 is 0 Å². The maximum Gasteiger partial charge on any atom is 0.0991 e. The minimum atomic E-state index is 0.381. The zero-order valence-electron chi connectivity index (χ0n) is 11.7. The van der Waals surface area contributed by atoms with E-state index in [1.165, 1.54) is 5.56 Å². The van der Waals surface area contributed by atoms with Crippen molar-refractivity contribution in [2.75, 3.05) is 12.8 Å². The van der Waals surface area contributed by atoms with E-state index in [9.17, 15) is 0 Å². The van der Waals surface area contributed by atoms with Gasteiger partial charge in [-0.3, -0.25) is 0 Å². The second kappa shape index (κ2) is 6.78. The van der Waals surface area contributed by atoms with Gasteiger partial charge in [0.1, 0.15) is 0 Å². The van der Waals surface area contributed by atoms with Gasteiger partial charge in [-0.15, -0.1) is 0 Å². The lowest BCUT2D eigenvalue weighted by Crippen LogP contribution is -2.25. The molecule has 0 unspecified atom stereocenters. The van der Waals surface area contributed by atoms with E-state index in [1.807, 2.05) is 28.9 Å². The highest BCUT2D eigenvalue weighted by Gasteiger charge is 2.07. The molecule has 2 atom stereocenters. The molecule has 0 saturated carbocycles. The van der Waals surface area contributed by atoms with Crippen molar-refractivity contribution in [3.63, 3.8) is 0 Å². The maximum absolute atomic E-state index is 4.06. The summed E-state index contributed by atoms with van der Waals surface area (Å²) in [5, 5.41) is 4.21. The normalized spacial score (nSPS) is 14.3. The van der Waals surface area contributed by atoms with Gasteiger partial charge in [0.05, 0.1) is 6.33 Å². The summed E-state index contributed by atoms with van der Waals surface area (Å²) in [6, 6.07) is 9.00. The van der Waals surface area contributed by atoms with Crippen molar-refractivity contribution >= 4 is 11.8 Å². The van der Waals surface area contributed by atoms with Gasteiger partial charge in [0.25, 0.3) is 0 Å². The Hall–Kier alpha value is -1.26. The predicted octanol–water partition coefficient (Wildman–Crippen LogP) is 3.27. The standard InChI is InChI=1S/C15H21N3S/c1-12(19-3)10-17-13(2)14-4-6-15(7-5-14)18-9-8-16-11-18/h4-9,11-13,17H,10H2,1-3H3/t12-,13+/m1/s1. The van der Waals surface area contributed by atoms with E-state index in [2.05, 4.69) is 54.7 Å². The molecular weight excluding hydrogens is 254 g/mol. The second-order valence-electron chi connectivity index (χ2n) is 4.74. The van der Waals surface area contributed by atoms with E-state index in [4.69, 9.17) is 0 Å². The fourth-order valence-corrected chi connectivity index (χ4v) is 2.15. The van der Waals surface area contributed by atoms with Crippen LogP contribution in [0.25, 0.3) is 5.69 Å².